The highest BCUT2D eigenvalue weighted by Gasteiger charge is 2.57. The first kappa shape index (κ1) is 10.6. The molecule has 1 aromatic carbocycles. The lowest BCUT2D eigenvalue weighted by atomic mass is 9.97. The highest BCUT2D eigenvalue weighted by molar-refractivity contribution is 5.71. The van der Waals surface area contributed by atoms with Crippen LogP contribution >= 0.6 is 0 Å². The molecule has 2 atom stereocenters. The zero-order chi connectivity index (χ0) is 11.9. The minimum Gasteiger partial charge on any atom is -0.465 e. The highest BCUT2D eigenvalue weighted by atomic mass is 16.5. The molecule has 2 aliphatic carbocycles. The van der Waals surface area contributed by atoms with Crippen molar-refractivity contribution in [2.45, 2.75) is 19.8 Å². The topological polar surface area (TPSA) is 26.3 Å². The molecule has 0 unspecified atom stereocenters. The van der Waals surface area contributed by atoms with Gasteiger partial charge in [0.2, 0.25) is 0 Å². The van der Waals surface area contributed by atoms with Crippen LogP contribution in [0.25, 0.3) is 5.57 Å². The van der Waals surface area contributed by atoms with E-state index in [1.807, 2.05) is 6.07 Å². The lowest BCUT2D eigenvalue weighted by Crippen LogP contribution is -2.13. The van der Waals surface area contributed by atoms with Gasteiger partial charge in [0.1, 0.15) is 0 Å². The van der Waals surface area contributed by atoms with E-state index < -0.39 is 0 Å². The average molecular weight is 228 g/mol. The van der Waals surface area contributed by atoms with E-state index in [2.05, 4.69) is 30.3 Å². The van der Waals surface area contributed by atoms with E-state index >= 15 is 0 Å². The summed E-state index contributed by atoms with van der Waals surface area (Å²) in [6, 6.07) is 10.5. The van der Waals surface area contributed by atoms with Gasteiger partial charge in [-0.2, -0.15) is 0 Å². The van der Waals surface area contributed by atoms with Crippen molar-refractivity contribution >= 4 is 11.5 Å². The molecule has 2 heteroatoms. The number of fused-ring (bicyclic) bond motifs is 1. The minimum atomic E-state index is -0.168. The van der Waals surface area contributed by atoms with Gasteiger partial charge >= 0.3 is 5.97 Å². The number of allylic oxidation sites excluding steroid dienone is 2. The molecule has 0 spiro atoms. The number of ether oxygens (including phenoxy) is 1. The van der Waals surface area contributed by atoms with Gasteiger partial charge in [-0.25, -0.2) is 0 Å². The maximum Gasteiger partial charge on any atom is 0.302 e. The van der Waals surface area contributed by atoms with E-state index in [1.165, 1.54) is 24.5 Å². The normalized spacial score (nSPS) is 29.5. The minimum absolute atomic E-state index is 0.168. The number of esters is 1. The van der Waals surface area contributed by atoms with Crippen molar-refractivity contribution in [3.63, 3.8) is 0 Å². The first-order valence-electron chi connectivity index (χ1n) is 6.09. The molecular weight excluding hydrogens is 212 g/mol. The van der Waals surface area contributed by atoms with Crippen LogP contribution in [0.1, 0.15) is 25.3 Å². The summed E-state index contributed by atoms with van der Waals surface area (Å²) in [5.41, 5.74) is 2.95. The van der Waals surface area contributed by atoms with Crippen molar-refractivity contribution in [2.24, 2.45) is 11.3 Å². The summed E-state index contributed by atoms with van der Waals surface area (Å²) in [4.78, 5) is 10.9. The molecule has 0 saturated heterocycles. The number of rotatable bonds is 3. The van der Waals surface area contributed by atoms with Gasteiger partial charge in [0.05, 0.1) is 6.61 Å². The van der Waals surface area contributed by atoms with Crippen LogP contribution in [-0.4, -0.2) is 12.6 Å². The van der Waals surface area contributed by atoms with E-state index in [1.54, 1.807) is 0 Å². The molecule has 2 aliphatic rings. The van der Waals surface area contributed by atoms with Crippen LogP contribution < -0.4 is 0 Å². The van der Waals surface area contributed by atoms with Crippen LogP contribution in [0.4, 0.5) is 0 Å². The molecule has 0 aliphatic heterocycles. The fourth-order valence-corrected chi connectivity index (χ4v) is 2.81. The summed E-state index contributed by atoms with van der Waals surface area (Å²) >= 11 is 0. The van der Waals surface area contributed by atoms with E-state index in [0.29, 0.717) is 12.5 Å². The predicted octanol–water partition coefficient (Wildman–Crippen LogP) is 3.04. The van der Waals surface area contributed by atoms with Gasteiger partial charge in [-0.05, 0) is 29.9 Å². The van der Waals surface area contributed by atoms with Gasteiger partial charge in [0, 0.05) is 12.3 Å². The molecule has 0 amide bonds. The number of hydrogen-bond acceptors (Lipinski definition) is 2. The van der Waals surface area contributed by atoms with Gasteiger partial charge in [-0.3, -0.25) is 4.79 Å². The van der Waals surface area contributed by atoms with Gasteiger partial charge < -0.3 is 4.74 Å². The second-order valence-corrected chi connectivity index (χ2v) is 5.19. The summed E-state index contributed by atoms with van der Waals surface area (Å²) in [6.07, 6.45) is 4.59. The Labute approximate surface area is 101 Å². The Hall–Kier alpha value is -1.57. The molecule has 17 heavy (non-hydrogen) atoms. The lowest BCUT2D eigenvalue weighted by Gasteiger charge is -2.13. The number of benzene rings is 1. The Morgan fingerprint density at radius 2 is 2.18 bits per heavy atom. The highest BCUT2D eigenvalue weighted by Crippen LogP contribution is 2.63. The SMILES string of the molecule is CC(=O)OC[C@]12CC(c3ccccc3)=C[C@H]1C2. The molecule has 1 saturated carbocycles. The summed E-state index contributed by atoms with van der Waals surface area (Å²) in [7, 11) is 0. The van der Waals surface area contributed by atoms with Crippen molar-refractivity contribution in [2.75, 3.05) is 6.61 Å². The van der Waals surface area contributed by atoms with E-state index in [0.717, 1.165) is 6.42 Å². The molecule has 0 N–H and O–H groups in total. The quantitative estimate of drug-likeness (QED) is 0.743. The third-order valence-electron chi connectivity index (χ3n) is 3.91. The van der Waals surface area contributed by atoms with Gasteiger partial charge in [-0.15, -0.1) is 0 Å². The van der Waals surface area contributed by atoms with Gasteiger partial charge in [-0.1, -0.05) is 36.4 Å². The van der Waals surface area contributed by atoms with Crippen molar-refractivity contribution in [3.8, 4) is 0 Å². The van der Waals surface area contributed by atoms with Gasteiger partial charge in [0.25, 0.3) is 0 Å². The molecule has 2 nitrogen and oxygen atoms in total. The standard InChI is InChI=1S/C15H16O2/c1-11(16)17-10-15-8-13(7-14(15)9-15)12-5-3-2-4-6-12/h2-7,14H,8-10H2,1H3/t14-,15+/m0/s1. The maximum atomic E-state index is 10.9. The summed E-state index contributed by atoms with van der Waals surface area (Å²) in [5, 5.41) is 0. The van der Waals surface area contributed by atoms with Crippen LogP contribution in [0, 0.1) is 11.3 Å². The number of hydrogen-bond donors (Lipinski definition) is 0. The molecule has 3 rings (SSSR count). The van der Waals surface area contributed by atoms with Crippen molar-refractivity contribution < 1.29 is 9.53 Å². The molecule has 0 aromatic heterocycles. The fraction of sp³-hybridized carbons (Fsp3) is 0.400. The Balaban J connectivity index is 1.70. The zero-order valence-corrected chi connectivity index (χ0v) is 9.98. The largest absolute Gasteiger partial charge is 0.465 e. The molecule has 0 bridgehead atoms. The lowest BCUT2D eigenvalue weighted by molar-refractivity contribution is -0.142. The molecule has 1 aromatic rings. The van der Waals surface area contributed by atoms with Crippen molar-refractivity contribution in [1.29, 1.82) is 0 Å². The number of carbonyl (C=O) groups is 1. The maximum absolute atomic E-state index is 10.9. The summed E-state index contributed by atoms with van der Waals surface area (Å²) in [6.45, 7) is 2.06. The summed E-state index contributed by atoms with van der Waals surface area (Å²) in [5.74, 6) is 0.454. The first-order chi connectivity index (χ1) is 8.20. The fourth-order valence-electron chi connectivity index (χ4n) is 2.81. The zero-order valence-electron chi connectivity index (χ0n) is 9.98. The molecule has 1 fully saturated rings. The molecular formula is C15H16O2. The third-order valence-corrected chi connectivity index (χ3v) is 3.91. The number of carbonyl (C=O) groups excluding carboxylic acids is 1. The van der Waals surface area contributed by atoms with Crippen LogP contribution in [0.15, 0.2) is 36.4 Å². The molecule has 0 radical (unpaired) electrons. The van der Waals surface area contributed by atoms with Gasteiger partial charge in [0.15, 0.2) is 0 Å². The predicted molar refractivity (Wildman–Crippen MR) is 66.2 cm³/mol. The Morgan fingerprint density at radius 1 is 1.41 bits per heavy atom. The van der Waals surface area contributed by atoms with E-state index in [9.17, 15) is 4.79 Å². The Bertz CT molecular complexity index is 475. The second kappa shape index (κ2) is 3.73. The molecule has 0 heterocycles. The van der Waals surface area contributed by atoms with Crippen LogP contribution in [-0.2, 0) is 9.53 Å². The third kappa shape index (κ3) is 1.88. The monoisotopic (exact) mass is 228 g/mol. The molecule has 88 valence electrons. The summed E-state index contributed by atoms with van der Waals surface area (Å²) < 4.78 is 5.18. The average Bonchev–Trinajstić information content (AvgIpc) is 2.90. The van der Waals surface area contributed by atoms with Crippen molar-refractivity contribution in [3.05, 3.63) is 42.0 Å². The van der Waals surface area contributed by atoms with E-state index in [-0.39, 0.29) is 11.4 Å². The van der Waals surface area contributed by atoms with Crippen LogP contribution in [0.3, 0.4) is 0 Å². The Morgan fingerprint density at radius 3 is 2.88 bits per heavy atom. The van der Waals surface area contributed by atoms with E-state index in [4.69, 9.17) is 4.74 Å². The second-order valence-electron chi connectivity index (χ2n) is 5.19. The Kier molecular flexibility index (Phi) is 2.32. The van der Waals surface area contributed by atoms with Crippen LogP contribution in [0.5, 0.6) is 0 Å². The van der Waals surface area contributed by atoms with Crippen LogP contribution in [0.2, 0.25) is 0 Å². The smallest absolute Gasteiger partial charge is 0.302 e. The van der Waals surface area contributed by atoms with Crippen molar-refractivity contribution in [1.82, 2.24) is 0 Å². The first-order valence-corrected chi connectivity index (χ1v) is 6.09.